The number of furan rings is 1. The Balaban J connectivity index is 2.30. The lowest BCUT2D eigenvalue weighted by molar-refractivity contribution is -0.116. The number of hydrogen-bond acceptors (Lipinski definition) is 3. The van der Waals surface area contributed by atoms with E-state index in [1.165, 1.54) is 0 Å². The van der Waals surface area contributed by atoms with Crippen molar-refractivity contribution in [2.24, 2.45) is 0 Å². The SMILES string of the molecule is CC(C)(C)SCC(=O)Cc1ccoc1. The van der Waals surface area contributed by atoms with Crippen LogP contribution < -0.4 is 0 Å². The van der Waals surface area contributed by atoms with E-state index in [1.807, 2.05) is 6.07 Å². The summed E-state index contributed by atoms with van der Waals surface area (Å²) in [6.07, 6.45) is 3.71. The number of Topliss-reactive ketones (excluding diaryl/α,β-unsaturated/α-hetero) is 1. The molecule has 78 valence electrons. The van der Waals surface area contributed by atoms with Crippen LogP contribution in [0.3, 0.4) is 0 Å². The summed E-state index contributed by atoms with van der Waals surface area (Å²) in [7, 11) is 0. The first-order chi connectivity index (χ1) is 6.47. The van der Waals surface area contributed by atoms with E-state index in [-0.39, 0.29) is 10.5 Å². The van der Waals surface area contributed by atoms with Crippen LogP contribution in [0.2, 0.25) is 0 Å². The van der Waals surface area contributed by atoms with Crippen molar-refractivity contribution in [3.05, 3.63) is 24.2 Å². The predicted octanol–water partition coefficient (Wildman–Crippen LogP) is 2.92. The molecule has 3 heteroatoms. The van der Waals surface area contributed by atoms with E-state index in [0.717, 1.165) is 5.56 Å². The molecule has 0 amide bonds. The maximum atomic E-state index is 11.5. The van der Waals surface area contributed by atoms with Gasteiger partial charge < -0.3 is 4.42 Å². The lowest BCUT2D eigenvalue weighted by atomic mass is 10.2. The average Bonchev–Trinajstić information content (AvgIpc) is 2.52. The van der Waals surface area contributed by atoms with Crippen molar-refractivity contribution < 1.29 is 9.21 Å². The molecule has 0 radical (unpaired) electrons. The van der Waals surface area contributed by atoms with Crippen LogP contribution in [0.5, 0.6) is 0 Å². The zero-order valence-electron chi connectivity index (χ0n) is 8.87. The van der Waals surface area contributed by atoms with Gasteiger partial charge in [0.1, 0.15) is 5.78 Å². The molecule has 0 fully saturated rings. The summed E-state index contributed by atoms with van der Waals surface area (Å²) in [5, 5.41) is 0. The molecule has 0 N–H and O–H groups in total. The van der Waals surface area contributed by atoms with Crippen molar-refractivity contribution in [1.29, 1.82) is 0 Å². The number of thioether (sulfide) groups is 1. The van der Waals surface area contributed by atoms with E-state index in [9.17, 15) is 4.79 Å². The third-order valence-corrected chi connectivity index (χ3v) is 2.98. The number of carbonyl (C=O) groups is 1. The Morgan fingerprint density at radius 3 is 2.71 bits per heavy atom. The van der Waals surface area contributed by atoms with Crippen LogP contribution in [0.25, 0.3) is 0 Å². The maximum absolute atomic E-state index is 11.5. The highest BCUT2D eigenvalue weighted by Gasteiger charge is 2.13. The van der Waals surface area contributed by atoms with E-state index in [4.69, 9.17) is 4.42 Å². The molecule has 0 saturated heterocycles. The fourth-order valence-corrected chi connectivity index (χ4v) is 1.67. The fraction of sp³-hybridized carbons (Fsp3) is 0.545. The highest BCUT2D eigenvalue weighted by Crippen LogP contribution is 2.23. The minimum absolute atomic E-state index is 0.159. The molecule has 1 aromatic heterocycles. The zero-order chi connectivity index (χ0) is 10.6. The van der Waals surface area contributed by atoms with Crippen LogP contribution in [0.15, 0.2) is 23.0 Å². The van der Waals surface area contributed by atoms with Gasteiger partial charge in [-0.3, -0.25) is 4.79 Å². The van der Waals surface area contributed by atoms with E-state index in [2.05, 4.69) is 20.8 Å². The molecule has 0 bridgehead atoms. The molecule has 2 nitrogen and oxygen atoms in total. The van der Waals surface area contributed by atoms with Gasteiger partial charge in [0.25, 0.3) is 0 Å². The smallest absolute Gasteiger partial charge is 0.147 e. The summed E-state index contributed by atoms with van der Waals surface area (Å²) in [4.78, 5) is 11.5. The molecular weight excluding hydrogens is 196 g/mol. The Morgan fingerprint density at radius 2 is 2.21 bits per heavy atom. The molecule has 0 spiro atoms. The summed E-state index contributed by atoms with van der Waals surface area (Å²) in [6, 6.07) is 1.83. The Hall–Kier alpha value is -0.700. The molecule has 1 aromatic rings. The van der Waals surface area contributed by atoms with Crippen LogP contribution in [-0.2, 0) is 11.2 Å². The minimum Gasteiger partial charge on any atom is -0.472 e. The molecular formula is C11H16O2S. The van der Waals surface area contributed by atoms with Gasteiger partial charge in [-0.15, -0.1) is 11.8 Å². The van der Waals surface area contributed by atoms with Crippen molar-refractivity contribution in [2.45, 2.75) is 31.9 Å². The average molecular weight is 212 g/mol. The first-order valence-electron chi connectivity index (χ1n) is 4.64. The lowest BCUT2D eigenvalue weighted by Gasteiger charge is -2.16. The fourth-order valence-electron chi connectivity index (χ4n) is 0.969. The second-order valence-corrected chi connectivity index (χ2v) is 6.05. The second kappa shape index (κ2) is 4.69. The van der Waals surface area contributed by atoms with E-state index >= 15 is 0 Å². The van der Waals surface area contributed by atoms with Crippen LogP contribution >= 0.6 is 11.8 Å². The van der Waals surface area contributed by atoms with Crippen LogP contribution in [0.4, 0.5) is 0 Å². The largest absolute Gasteiger partial charge is 0.472 e. The van der Waals surface area contributed by atoms with Gasteiger partial charge in [-0.2, -0.15) is 0 Å². The Kier molecular flexibility index (Phi) is 3.81. The predicted molar refractivity (Wildman–Crippen MR) is 59.6 cm³/mol. The minimum atomic E-state index is 0.159. The van der Waals surface area contributed by atoms with Crippen LogP contribution in [0, 0.1) is 0 Å². The van der Waals surface area contributed by atoms with Crippen LogP contribution in [-0.4, -0.2) is 16.3 Å². The van der Waals surface area contributed by atoms with Gasteiger partial charge in [-0.05, 0) is 11.6 Å². The first-order valence-corrected chi connectivity index (χ1v) is 5.63. The van der Waals surface area contributed by atoms with Gasteiger partial charge in [0.05, 0.1) is 18.3 Å². The molecule has 0 unspecified atom stereocenters. The highest BCUT2D eigenvalue weighted by atomic mass is 32.2. The molecule has 1 rings (SSSR count). The number of carbonyl (C=O) groups excluding carboxylic acids is 1. The first kappa shape index (κ1) is 11.4. The van der Waals surface area contributed by atoms with Gasteiger partial charge in [-0.1, -0.05) is 20.8 Å². The summed E-state index contributed by atoms with van der Waals surface area (Å²) in [5.74, 6) is 0.834. The Morgan fingerprint density at radius 1 is 1.50 bits per heavy atom. The number of rotatable bonds is 4. The van der Waals surface area contributed by atoms with Crippen molar-refractivity contribution >= 4 is 17.5 Å². The van der Waals surface area contributed by atoms with Crippen molar-refractivity contribution in [2.75, 3.05) is 5.75 Å². The summed E-state index contributed by atoms with van der Waals surface area (Å²) >= 11 is 1.68. The zero-order valence-corrected chi connectivity index (χ0v) is 9.69. The van der Waals surface area contributed by atoms with Crippen LogP contribution in [0.1, 0.15) is 26.3 Å². The monoisotopic (exact) mass is 212 g/mol. The number of ketones is 1. The van der Waals surface area contributed by atoms with E-state index in [0.29, 0.717) is 12.2 Å². The van der Waals surface area contributed by atoms with Gasteiger partial charge in [0, 0.05) is 11.2 Å². The molecule has 0 aliphatic carbocycles. The third-order valence-electron chi connectivity index (χ3n) is 1.65. The Bertz CT molecular complexity index is 283. The molecule has 0 aliphatic heterocycles. The molecule has 0 saturated carbocycles. The Labute approximate surface area is 89.1 Å². The maximum Gasteiger partial charge on any atom is 0.147 e. The van der Waals surface area contributed by atoms with Crippen molar-refractivity contribution in [3.8, 4) is 0 Å². The van der Waals surface area contributed by atoms with Gasteiger partial charge >= 0.3 is 0 Å². The third kappa shape index (κ3) is 4.51. The number of hydrogen-bond donors (Lipinski definition) is 0. The molecule has 1 heterocycles. The van der Waals surface area contributed by atoms with E-state index < -0.39 is 0 Å². The van der Waals surface area contributed by atoms with Gasteiger partial charge in [0.2, 0.25) is 0 Å². The standard InChI is InChI=1S/C11H16O2S/c1-11(2,3)14-8-10(12)6-9-4-5-13-7-9/h4-5,7H,6,8H2,1-3H3. The topological polar surface area (TPSA) is 30.2 Å². The second-order valence-electron chi connectivity index (χ2n) is 4.25. The highest BCUT2D eigenvalue weighted by molar-refractivity contribution is 8.01. The normalized spacial score (nSPS) is 11.6. The van der Waals surface area contributed by atoms with Crippen molar-refractivity contribution in [1.82, 2.24) is 0 Å². The molecule has 0 aromatic carbocycles. The summed E-state index contributed by atoms with van der Waals surface area (Å²) in [5.41, 5.74) is 0.963. The van der Waals surface area contributed by atoms with Crippen molar-refractivity contribution in [3.63, 3.8) is 0 Å². The molecule has 0 atom stereocenters. The quantitative estimate of drug-likeness (QED) is 0.768. The van der Waals surface area contributed by atoms with E-state index in [1.54, 1.807) is 24.3 Å². The molecule has 14 heavy (non-hydrogen) atoms. The van der Waals surface area contributed by atoms with Gasteiger partial charge in [-0.25, -0.2) is 0 Å². The molecule has 0 aliphatic rings. The van der Waals surface area contributed by atoms with Gasteiger partial charge in [0.15, 0.2) is 0 Å². The lowest BCUT2D eigenvalue weighted by Crippen LogP contribution is -2.14. The summed E-state index contributed by atoms with van der Waals surface area (Å²) < 4.78 is 5.06. The summed E-state index contributed by atoms with van der Waals surface area (Å²) in [6.45, 7) is 6.34.